The Bertz CT molecular complexity index is 461. The average molecular weight is 277 g/mol. The molecule has 1 atom stereocenters. The highest BCUT2D eigenvalue weighted by Crippen LogP contribution is 2.34. The van der Waals surface area contributed by atoms with Crippen LogP contribution < -0.4 is 4.74 Å². The second kappa shape index (κ2) is 5.83. The van der Waals surface area contributed by atoms with Gasteiger partial charge in [-0.25, -0.2) is 0 Å². The van der Waals surface area contributed by atoms with Crippen LogP contribution in [0.4, 0.5) is 0 Å². The van der Waals surface area contributed by atoms with Crippen LogP contribution in [-0.4, -0.2) is 36.2 Å². The maximum Gasteiger partial charge on any atom is 0.309 e. The van der Waals surface area contributed by atoms with Crippen molar-refractivity contribution >= 4 is 5.97 Å². The van der Waals surface area contributed by atoms with Crippen LogP contribution in [0.25, 0.3) is 0 Å². The molecule has 2 rings (SSSR count). The summed E-state index contributed by atoms with van der Waals surface area (Å²) < 4.78 is 5.17. The van der Waals surface area contributed by atoms with Crippen LogP contribution in [-0.2, 0) is 4.79 Å². The van der Waals surface area contributed by atoms with E-state index in [0.29, 0.717) is 18.9 Å². The van der Waals surface area contributed by atoms with Gasteiger partial charge in [0.1, 0.15) is 5.75 Å². The maximum atomic E-state index is 11.3. The number of benzene rings is 1. The van der Waals surface area contributed by atoms with Gasteiger partial charge in [0.2, 0.25) is 0 Å². The Labute approximate surface area is 120 Å². The summed E-state index contributed by atoms with van der Waals surface area (Å²) in [5.74, 6) is 0.187. The van der Waals surface area contributed by atoms with Crippen molar-refractivity contribution in [3.63, 3.8) is 0 Å². The number of carboxylic acid groups (broad SMARTS) is 1. The number of methoxy groups -OCH3 is 1. The largest absolute Gasteiger partial charge is 0.497 e. The van der Waals surface area contributed by atoms with E-state index >= 15 is 0 Å². The van der Waals surface area contributed by atoms with E-state index in [0.717, 1.165) is 18.8 Å². The minimum atomic E-state index is -0.672. The molecule has 4 nitrogen and oxygen atoms in total. The monoisotopic (exact) mass is 277 g/mol. The SMILES string of the molecule is COc1ccc(C(C)N2CCC(C)(C(=O)O)CC2)cc1. The summed E-state index contributed by atoms with van der Waals surface area (Å²) in [6, 6.07) is 8.40. The lowest BCUT2D eigenvalue weighted by Crippen LogP contribution is -2.43. The van der Waals surface area contributed by atoms with Gasteiger partial charge in [-0.05, 0) is 57.5 Å². The number of piperidine rings is 1. The smallest absolute Gasteiger partial charge is 0.309 e. The fourth-order valence-electron chi connectivity index (χ4n) is 2.71. The molecule has 1 heterocycles. The minimum absolute atomic E-state index is 0.305. The first-order chi connectivity index (χ1) is 9.46. The van der Waals surface area contributed by atoms with Crippen LogP contribution in [0.3, 0.4) is 0 Å². The molecule has 0 radical (unpaired) electrons. The zero-order valence-corrected chi connectivity index (χ0v) is 12.4. The minimum Gasteiger partial charge on any atom is -0.497 e. The van der Waals surface area contributed by atoms with Crippen molar-refractivity contribution in [3.8, 4) is 5.75 Å². The first-order valence-corrected chi connectivity index (χ1v) is 7.08. The van der Waals surface area contributed by atoms with Crippen molar-refractivity contribution < 1.29 is 14.6 Å². The summed E-state index contributed by atoms with van der Waals surface area (Å²) in [5.41, 5.74) is 0.681. The van der Waals surface area contributed by atoms with E-state index in [2.05, 4.69) is 24.0 Å². The number of rotatable bonds is 4. The number of nitrogens with zero attached hydrogens (tertiary/aromatic N) is 1. The number of likely N-dealkylation sites (tertiary alicyclic amines) is 1. The second-order valence-corrected chi connectivity index (χ2v) is 5.85. The Morgan fingerprint density at radius 1 is 1.30 bits per heavy atom. The van der Waals surface area contributed by atoms with Crippen LogP contribution >= 0.6 is 0 Å². The van der Waals surface area contributed by atoms with Gasteiger partial charge < -0.3 is 9.84 Å². The first-order valence-electron chi connectivity index (χ1n) is 7.08. The van der Waals surface area contributed by atoms with Crippen molar-refractivity contribution in [2.24, 2.45) is 5.41 Å². The molecule has 1 aromatic rings. The van der Waals surface area contributed by atoms with Crippen LogP contribution in [0.1, 0.15) is 38.3 Å². The van der Waals surface area contributed by atoms with Gasteiger partial charge in [0.15, 0.2) is 0 Å². The number of aliphatic carboxylic acids is 1. The van der Waals surface area contributed by atoms with E-state index in [1.54, 1.807) is 7.11 Å². The van der Waals surface area contributed by atoms with E-state index in [-0.39, 0.29) is 0 Å². The van der Waals surface area contributed by atoms with E-state index in [9.17, 15) is 9.90 Å². The lowest BCUT2D eigenvalue weighted by atomic mass is 9.80. The highest BCUT2D eigenvalue weighted by Gasteiger charge is 2.37. The lowest BCUT2D eigenvalue weighted by molar-refractivity contribution is -0.151. The molecular formula is C16H23NO3. The van der Waals surface area contributed by atoms with Gasteiger partial charge >= 0.3 is 5.97 Å². The third kappa shape index (κ3) is 2.96. The molecule has 1 aromatic carbocycles. The third-order valence-corrected chi connectivity index (χ3v) is 4.56. The van der Waals surface area contributed by atoms with Crippen molar-refractivity contribution in [1.82, 2.24) is 4.90 Å². The molecule has 0 aromatic heterocycles. The summed E-state index contributed by atoms with van der Waals surface area (Å²) in [6.45, 7) is 5.68. The van der Waals surface area contributed by atoms with Crippen LogP contribution in [0.2, 0.25) is 0 Å². The van der Waals surface area contributed by atoms with Crippen molar-refractivity contribution in [1.29, 1.82) is 0 Å². The topological polar surface area (TPSA) is 49.8 Å². The maximum absolute atomic E-state index is 11.3. The molecule has 1 saturated heterocycles. The highest BCUT2D eigenvalue weighted by molar-refractivity contribution is 5.74. The zero-order valence-electron chi connectivity index (χ0n) is 12.4. The molecular weight excluding hydrogens is 254 g/mol. The highest BCUT2D eigenvalue weighted by atomic mass is 16.5. The summed E-state index contributed by atoms with van der Waals surface area (Å²) in [4.78, 5) is 13.6. The Balaban J connectivity index is 2.00. The van der Waals surface area contributed by atoms with Gasteiger partial charge in [-0.2, -0.15) is 0 Å². The van der Waals surface area contributed by atoms with Gasteiger partial charge in [0.05, 0.1) is 12.5 Å². The molecule has 110 valence electrons. The number of carbonyl (C=O) groups is 1. The molecule has 1 fully saturated rings. The number of hydrogen-bond acceptors (Lipinski definition) is 3. The summed E-state index contributed by atoms with van der Waals surface area (Å²) in [7, 11) is 1.66. The molecule has 0 spiro atoms. The summed E-state index contributed by atoms with van der Waals surface area (Å²) >= 11 is 0. The van der Waals surface area contributed by atoms with E-state index in [1.807, 2.05) is 19.1 Å². The van der Waals surface area contributed by atoms with Gasteiger partial charge in [-0.3, -0.25) is 9.69 Å². The fourth-order valence-corrected chi connectivity index (χ4v) is 2.71. The van der Waals surface area contributed by atoms with Crippen LogP contribution in [0.5, 0.6) is 5.75 Å². The fraction of sp³-hybridized carbons (Fsp3) is 0.562. The Morgan fingerprint density at radius 2 is 1.85 bits per heavy atom. The third-order valence-electron chi connectivity index (χ3n) is 4.56. The number of hydrogen-bond donors (Lipinski definition) is 1. The number of ether oxygens (including phenoxy) is 1. The van der Waals surface area contributed by atoms with E-state index < -0.39 is 11.4 Å². The van der Waals surface area contributed by atoms with Crippen molar-refractivity contribution in [2.75, 3.05) is 20.2 Å². The molecule has 1 aliphatic rings. The number of carboxylic acids is 1. The first kappa shape index (κ1) is 14.9. The molecule has 0 amide bonds. The Kier molecular flexibility index (Phi) is 4.33. The molecule has 1 unspecified atom stereocenters. The van der Waals surface area contributed by atoms with Gasteiger partial charge in [-0.1, -0.05) is 12.1 Å². The quantitative estimate of drug-likeness (QED) is 0.919. The molecule has 4 heteroatoms. The zero-order chi connectivity index (χ0) is 14.8. The van der Waals surface area contributed by atoms with Gasteiger partial charge in [0.25, 0.3) is 0 Å². The molecule has 1 aliphatic heterocycles. The van der Waals surface area contributed by atoms with Gasteiger partial charge in [0, 0.05) is 6.04 Å². The van der Waals surface area contributed by atoms with E-state index in [1.165, 1.54) is 5.56 Å². The average Bonchev–Trinajstić information content (AvgIpc) is 2.47. The van der Waals surface area contributed by atoms with Gasteiger partial charge in [-0.15, -0.1) is 0 Å². The molecule has 0 aliphatic carbocycles. The lowest BCUT2D eigenvalue weighted by Gasteiger charge is -2.39. The van der Waals surface area contributed by atoms with Crippen molar-refractivity contribution in [2.45, 2.75) is 32.7 Å². The predicted octanol–water partition coefficient (Wildman–Crippen LogP) is 2.94. The normalized spacial score (nSPS) is 20.4. The Morgan fingerprint density at radius 3 is 2.30 bits per heavy atom. The standard InChI is InChI=1S/C16H23NO3/c1-12(13-4-6-14(20-3)7-5-13)17-10-8-16(2,9-11-17)15(18)19/h4-7,12H,8-11H2,1-3H3,(H,18,19). The second-order valence-electron chi connectivity index (χ2n) is 5.85. The van der Waals surface area contributed by atoms with Crippen molar-refractivity contribution in [3.05, 3.63) is 29.8 Å². The molecule has 20 heavy (non-hydrogen) atoms. The predicted molar refractivity (Wildman–Crippen MR) is 78.0 cm³/mol. The summed E-state index contributed by atoms with van der Waals surface area (Å²) in [5, 5.41) is 9.26. The molecule has 1 N–H and O–H groups in total. The van der Waals surface area contributed by atoms with E-state index in [4.69, 9.17) is 4.74 Å². The molecule has 0 saturated carbocycles. The van der Waals surface area contributed by atoms with Crippen LogP contribution in [0, 0.1) is 5.41 Å². The van der Waals surface area contributed by atoms with Crippen LogP contribution in [0.15, 0.2) is 24.3 Å². The Hall–Kier alpha value is -1.55. The summed E-state index contributed by atoms with van der Waals surface area (Å²) in [6.07, 6.45) is 1.42. The molecule has 0 bridgehead atoms.